The molecule has 1 saturated heterocycles. The van der Waals surface area contributed by atoms with Gasteiger partial charge in [0.05, 0.1) is 17.2 Å². The van der Waals surface area contributed by atoms with Crippen molar-refractivity contribution in [2.24, 2.45) is 11.3 Å². The second-order valence-corrected chi connectivity index (χ2v) is 13.4. The van der Waals surface area contributed by atoms with Crippen molar-refractivity contribution in [1.29, 1.82) is 0 Å². The van der Waals surface area contributed by atoms with Gasteiger partial charge in [0.25, 0.3) is 0 Å². The average molecular weight is 577 g/mol. The maximum atomic E-state index is 15.0. The van der Waals surface area contributed by atoms with Gasteiger partial charge in [-0.25, -0.2) is 4.39 Å². The number of carbonyl (C=O) groups is 2. The molecule has 9 heteroatoms. The lowest BCUT2D eigenvalue weighted by Crippen LogP contribution is -2.49. The van der Waals surface area contributed by atoms with Gasteiger partial charge >= 0.3 is 0 Å². The lowest BCUT2D eigenvalue weighted by Gasteiger charge is -2.37. The van der Waals surface area contributed by atoms with Gasteiger partial charge in [0.15, 0.2) is 0 Å². The zero-order valence-electron chi connectivity index (χ0n) is 22.5. The van der Waals surface area contributed by atoms with E-state index in [0.29, 0.717) is 35.2 Å². The monoisotopic (exact) mass is 575 g/mol. The predicted octanol–water partition coefficient (Wildman–Crippen LogP) is 5.55. The fourth-order valence-corrected chi connectivity index (χ4v) is 7.32. The summed E-state index contributed by atoms with van der Waals surface area (Å²) in [6.45, 7) is 6.71. The minimum atomic E-state index is -1.27. The molecule has 1 aliphatic carbocycles. The van der Waals surface area contributed by atoms with Crippen LogP contribution in [0.25, 0.3) is 0 Å². The third-order valence-electron chi connectivity index (χ3n) is 8.56. The molecule has 1 spiro atoms. The van der Waals surface area contributed by atoms with Crippen molar-refractivity contribution < 1.29 is 19.1 Å². The Morgan fingerprint density at radius 3 is 2.64 bits per heavy atom. The Morgan fingerprint density at radius 2 is 1.97 bits per heavy atom. The highest BCUT2D eigenvalue weighted by molar-refractivity contribution is 6.31. The topological polar surface area (TPSA) is 90.5 Å². The molecule has 0 bridgehead atoms. The number of rotatable bonds is 6. The molecule has 39 heavy (non-hydrogen) atoms. The highest BCUT2D eigenvalue weighted by Crippen LogP contribution is 2.57. The van der Waals surface area contributed by atoms with E-state index in [9.17, 15) is 19.1 Å². The Balaban J connectivity index is 1.58. The van der Waals surface area contributed by atoms with E-state index in [1.165, 1.54) is 12.1 Å². The average Bonchev–Trinajstić information content (AvgIpc) is 3.49. The molecule has 5 rings (SSSR count). The molecule has 0 unspecified atom stereocenters. The van der Waals surface area contributed by atoms with Crippen molar-refractivity contribution in [3.63, 3.8) is 0 Å². The molecule has 2 fully saturated rings. The first-order valence-electron chi connectivity index (χ1n) is 13.7. The first-order valence-corrected chi connectivity index (χ1v) is 14.4. The molecule has 2 aromatic carbocycles. The largest absolute Gasteiger partial charge is 0.393 e. The standard InChI is InChI=1S/C30H36Cl2FN3O3/c1-29(2,3)15-24-30(20-13-22(33)21(32)14-23(20)35-28(30)39)25(17-5-4-6-18(31)12-17)26(36-24)27(38)34-10-9-16-7-8-19(37)11-16/h4-6,12-14,16,19,24-26,36-37H,7-11,15H2,1-3H3,(H,34,38)(H,35,39)/t16-,19-,24-,25+,26-,30+/m1/s1. The van der Waals surface area contributed by atoms with Crippen molar-refractivity contribution in [2.75, 3.05) is 11.9 Å². The number of hydrogen-bond donors (Lipinski definition) is 4. The van der Waals surface area contributed by atoms with Gasteiger partial charge < -0.3 is 21.1 Å². The number of nitrogens with one attached hydrogen (secondary N) is 3. The van der Waals surface area contributed by atoms with Crippen LogP contribution < -0.4 is 16.0 Å². The van der Waals surface area contributed by atoms with Crippen LogP contribution in [0, 0.1) is 17.2 Å². The Bertz CT molecular complexity index is 1280. The molecule has 0 radical (unpaired) electrons. The van der Waals surface area contributed by atoms with Crippen LogP contribution in [0.4, 0.5) is 10.1 Å². The van der Waals surface area contributed by atoms with E-state index in [-0.39, 0.29) is 28.4 Å². The molecule has 2 aromatic rings. The summed E-state index contributed by atoms with van der Waals surface area (Å²) in [7, 11) is 0. The number of amides is 2. The third kappa shape index (κ3) is 5.31. The number of carbonyl (C=O) groups excluding carboxylic acids is 2. The number of aliphatic hydroxyl groups is 1. The molecule has 1 saturated carbocycles. The molecule has 6 nitrogen and oxygen atoms in total. The fraction of sp³-hybridized carbons (Fsp3) is 0.533. The summed E-state index contributed by atoms with van der Waals surface area (Å²) in [6.07, 6.45) is 3.58. The van der Waals surface area contributed by atoms with E-state index in [1.54, 1.807) is 18.2 Å². The normalized spacial score (nSPS) is 30.0. The number of hydrogen-bond acceptors (Lipinski definition) is 4. The van der Waals surface area contributed by atoms with Crippen molar-refractivity contribution in [1.82, 2.24) is 10.6 Å². The van der Waals surface area contributed by atoms with Gasteiger partial charge in [0.1, 0.15) is 11.2 Å². The van der Waals surface area contributed by atoms with E-state index >= 15 is 0 Å². The van der Waals surface area contributed by atoms with E-state index in [1.807, 2.05) is 6.07 Å². The van der Waals surface area contributed by atoms with E-state index in [0.717, 1.165) is 31.2 Å². The molecular formula is C30H36Cl2FN3O3. The number of fused-ring (bicyclic) bond motifs is 2. The van der Waals surface area contributed by atoms with Crippen LogP contribution in [0.2, 0.25) is 10.0 Å². The molecule has 3 aliphatic rings. The lowest BCUT2D eigenvalue weighted by molar-refractivity contribution is -0.123. The number of benzene rings is 2. The Labute approximate surface area is 239 Å². The summed E-state index contributed by atoms with van der Waals surface area (Å²) in [5.41, 5.74) is 0.211. The smallest absolute Gasteiger partial charge is 0.237 e. The first-order chi connectivity index (χ1) is 18.4. The number of aliphatic hydroxyl groups excluding tert-OH is 1. The minimum Gasteiger partial charge on any atom is -0.393 e. The van der Waals surface area contributed by atoms with Crippen LogP contribution in [0.15, 0.2) is 36.4 Å². The van der Waals surface area contributed by atoms with Crippen molar-refractivity contribution in [3.8, 4) is 0 Å². The van der Waals surface area contributed by atoms with Gasteiger partial charge in [-0.05, 0) is 78.8 Å². The molecule has 2 heterocycles. The summed E-state index contributed by atoms with van der Waals surface area (Å²) < 4.78 is 15.0. The lowest BCUT2D eigenvalue weighted by atomic mass is 9.62. The molecule has 4 N–H and O–H groups in total. The zero-order chi connectivity index (χ0) is 28.1. The maximum Gasteiger partial charge on any atom is 0.237 e. The fourth-order valence-electron chi connectivity index (χ4n) is 6.95. The van der Waals surface area contributed by atoms with E-state index < -0.39 is 29.2 Å². The van der Waals surface area contributed by atoms with Crippen LogP contribution in [0.5, 0.6) is 0 Å². The SMILES string of the molecule is CC(C)(C)C[C@H]1N[C@@H](C(=O)NCC[C@H]2CC[C@@H](O)C2)[C@H](c2cccc(Cl)c2)[C@@]12C(=O)Nc1cc(Cl)c(F)cc12. The van der Waals surface area contributed by atoms with Gasteiger partial charge in [-0.15, -0.1) is 0 Å². The molecule has 2 amide bonds. The van der Waals surface area contributed by atoms with Crippen molar-refractivity contribution in [2.45, 2.75) is 82.4 Å². The molecule has 6 atom stereocenters. The Morgan fingerprint density at radius 1 is 1.21 bits per heavy atom. The predicted molar refractivity (Wildman–Crippen MR) is 152 cm³/mol. The highest BCUT2D eigenvalue weighted by Gasteiger charge is 2.65. The summed E-state index contributed by atoms with van der Waals surface area (Å²) in [4.78, 5) is 28.0. The molecule has 210 valence electrons. The third-order valence-corrected chi connectivity index (χ3v) is 9.08. The van der Waals surface area contributed by atoms with Crippen LogP contribution in [-0.2, 0) is 15.0 Å². The Hall–Kier alpha value is -2.19. The van der Waals surface area contributed by atoms with Crippen LogP contribution in [0.3, 0.4) is 0 Å². The van der Waals surface area contributed by atoms with Crippen LogP contribution >= 0.6 is 23.2 Å². The van der Waals surface area contributed by atoms with E-state index in [4.69, 9.17) is 23.2 Å². The minimum absolute atomic E-state index is 0.0740. The second-order valence-electron chi connectivity index (χ2n) is 12.5. The summed E-state index contributed by atoms with van der Waals surface area (Å²) in [6, 6.07) is 8.77. The van der Waals surface area contributed by atoms with Gasteiger partial charge in [0.2, 0.25) is 11.8 Å². The molecule has 0 aromatic heterocycles. The summed E-state index contributed by atoms with van der Waals surface area (Å²) in [5, 5.41) is 19.8. The Kier molecular flexibility index (Phi) is 7.74. The van der Waals surface area contributed by atoms with Gasteiger partial charge in [-0.1, -0.05) is 56.1 Å². The van der Waals surface area contributed by atoms with E-state index in [2.05, 4.69) is 36.7 Å². The molecule has 2 aliphatic heterocycles. The maximum absolute atomic E-state index is 15.0. The highest BCUT2D eigenvalue weighted by atomic mass is 35.5. The van der Waals surface area contributed by atoms with Gasteiger partial charge in [-0.3, -0.25) is 9.59 Å². The number of anilines is 1. The summed E-state index contributed by atoms with van der Waals surface area (Å²) in [5.74, 6) is -1.40. The number of halogens is 3. The molecular weight excluding hydrogens is 540 g/mol. The first kappa shape index (κ1) is 28.3. The van der Waals surface area contributed by atoms with Crippen molar-refractivity contribution in [3.05, 3.63) is 63.4 Å². The van der Waals surface area contributed by atoms with Crippen LogP contribution in [-0.4, -0.2) is 41.7 Å². The zero-order valence-corrected chi connectivity index (χ0v) is 24.0. The van der Waals surface area contributed by atoms with Crippen LogP contribution in [0.1, 0.15) is 69.9 Å². The summed E-state index contributed by atoms with van der Waals surface area (Å²) >= 11 is 12.5. The quantitative estimate of drug-likeness (QED) is 0.363. The van der Waals surface area contributed by atoms with Crippen molar-refractivity contribution >= 4 is 40.7 Å². The second kappa shape index (κ2) is 10.7. The van der Waals surface area contributed by atoms with Gasteiger partial charge in [0, 0.05) is 29.2 Å². The van der Waals surface area contributed by atoms with Gasteiger partial charge in [-0.2, -0.15) is 0 Å².